The van der Waals surface area contributed by atoms with E-state index in [0.717, 1.165) is 24.8 Å². The lowest BCUT2D eigenvalue weighted by molar-refractivity contribution is 0.365. The minimum atomic E-state index is 0.384. The molecular formula is C19H48N2. The van der Waals surface area contributed by atoms with Gasteiger partial charge in [-0.25, -0.2) is 0 Å². The fraction of sp³-hybridized carbons (Fsp3) is 1.00. The Bertz CT molecular complexity index is 128. The molecule has 134 valence electrons. The van der Waals surface area contributed by atoms with Gasteiger partial charge < -0.3 is 11.5 Å². The van der Waals surface area contributed by atoms with Crippen LogP contribution in [-0.4, -0.2) is 12.6 Å². The van der Waals surface area contributed by atoms with Gasteiger partial charge in [0.25, 0.3) is 0 Å². The van der Waals surface area contributed by atoms with Crippen molar-refractivity contribution in [2.24, 2.45) is 23.3 Å². The summed E-state index contributed by atoms with van der Waals surface area (Å²) in [6.45, 7) is 20.0. The van der Waals surface area contributed by atoms with Gasteiger partial charge >= 0.3 is 0 Å². The molecule has 0 radical (unpaired) electrons. The Morgan fingerprint density at radius 1 is 0.857 bits per heavy atom. The minimum Gasteiger partial charge on any atom is -0.330 e. The average Bonchev–Trinajstić information content (AvgIpc) is 2.42. The summed E-state index contributed by atoms with van der Waals surface area (Å²) in [7, 11) is 0. The molecule has 2 atom stereocenters. The summed E-state index contributed by atoms with van der Waals surface area (Å²) in [6, 6.07) is 0.384. The van der Waals surface area contributed by atoms with Crippen molar-refractivity contribution in [3.63, 3.8) is 0 Å². The topological polar surface area (TPSA) is 52.0 Å². The second-order valence-electron chi connectivity index (χ2n) is 5.95. The van der Waals surface area contributed by atoms with Crippen LogP contribution in [0.4, 0.5) is 0 Å². The largest absolute Gasteiger partial charge is 0.330 e. The van der Waals surface area contributed by atoms with E-state index in [1.807, 2.05) is 20.8 Å². The molecule has 21 heavy (non-hydrogen) atoms. The Labute approximate surface area is 137 Å². The summed E-state index contributed by atoms with van der Waals surface area (Å²) in [6.07, 6.45) is 7.56. The molecule has 0 aliphatic carbocycles. The van der Waals surface area contributed by atoms with Gasteiger partial charge in [-0.05, 0) is 44.6 Å². The predicted molar refractivity (Wildman–Crippen MR) is 103 cm³/mol. The second-order valence-corrected chi connectivity index (χ2v) is 5.95. The van der Waals surface area contributed by atoms with Crippen molar-refractivity contribution >= 4 is 0 Å². The zero-order valence-corrected chi connectivity index (χ0v) is 16.8. The second kappa shape index (κ2) is 28.1. The van der Waals surface area contributed by atoms with E-state index in [1.165, 1.54) is 32.1 Å². The van der Waals surface area contributed by atoms with Gasteiger partial charge in [-0.15, -0.1) is 0 Å². The van der Waals surface area contributed by atoms with E-state index in [2.05, 4.69) is 41.5 Å². The summed E-state index contributed by atoms with van der Waals surface area (Å²) < 4.78 is 0. The fourth-order valence-electron chi connectivity index (χ4n) is 1.69. The van der Waals surface area contributed by atoms with Crippen LogP contribution < -0.4 is 11.5 Å². The maximum absolute atomic E-state index is 5.54. The lowest BCUT2D eigenvalue weighted by Crippen LogP contribution is -2.11. The van der Waals surface area contributed by atoms with Crippen molar-refractivity contribution in [3.05, 3.63) is 0 Å². The molecule has 0 saturated heterocycles. The molecule has 2 nitrogen and oxygen atoms in total. The number of hydrogen-bond donors (Lipinski definition) is 2. The quantitative estimate of drug-likeness (QED) is 0.607. The van der Waals surface area contributed by atoms with Gasteiger partial charge in [0.2, 0.25) is 0 Å². The highest BCUT2D eigenvalue weighted by Crippen LogP contribution is 2.19. The van der Waals surface area contributed by atoms with Crippen molar-refractivity contribution in [1.29, 1.82) is 0 Å². The first-order valence-corrected chi connectivity index (χ1v) is 9.34. The Hall–Kier alpha value is -0.0800. The van der Waals surface area contributed by atoms with E-state index in [1.54, 1.807) is 0 Å². The van der Waals surface area contributed by atoms with E-state index in [4.69, 9.17) is 11.5 Å². The van der Waals surface area contributed by atoms with Crippen LogP contribution in [0.15, 0.2) is 0 Å². The molecule has 0 aromatic carbocycles. The third-order valence-corrected chi connectivity index (χ3v) is 2.72. The lowest BCUT2D eigenvalue weighted by atomic mass is 9.90. The summed E-state index contributed by atoms with van der Waals surface area (Å²) in [4.78, 5) is 0. The molecule has 0 aliphatic heterocycles. The van der Waals surface area contributed by atoms with Gasteiger partial charge in [-0.1, -0.05) is 74.7 Å². The van der Waals surface area contributed by atoms with Crippen LogP contribution in [0.3, 0.4) is 0 Å². The van der Waals surface area contributed by atoms with Crippen LogP contribution in [0.25, 0.3) is 0 Å². The highest BCUT2D eigenvalue weighted by atomic mass is 14.6. The van der Waals surface area contributed by atoms with Crippen molar-refractivity contribution in [2.45, 2.75) is 107 Å². The maximum atomic E-state index is 5.54. The number of nitrogens with two attached hydrogens (primary N) is 2. The molecule has 0 aliphatic rings. The fourth-order valence-corrected chi connectivity index (χ4v) is 1.69. The van der Waals surface area contributed by atoms with Crippen molar-refractivity contribution in [3.8, 4) is 0 Å². The molecule has 0 rings (SSSR count). The summed E-state index contributed by atoms with van der Waals surface area (Å²) >= 11 is 0. The Kier molecular flexibility index (Phi) is 38.8. The predicted octanol–water partition coefficient (Wildman–Crippen LogP) is 5.98. The first-order chi connectivity index (χ1) is 9.89. The molecule has 2 heteroatoms. The van der Waals surface area contributed by atoms with Crippen molar-refractivity contribution < 1.29 is 0 Å². The highest BCUT2D eigenvalue weighted by Gasteiger charge is 2.08. The normalized spacial score (nSPS) is 12.0. The lowest BCUT2D eigenvalue weighted by Gasteiger charge is -2.16. The van der Waals surface area contributed by atoms with Gasteiger partial charge in [0, 0.05) is 6.04 Å². The van der Waals surface area contributed by atoms with Gasteiger partial charge in [-0.2, -0.15) is 0 Å². The zero-order valence-electron chi connectivity index (χ0n) is 16.8. The van der Waals surface area contributed by atoms with Crippen LogP contribution in [0, 0.1) is 11.8 Å². The summed E-state index contributed by atoms with van der Waals surface area (Å²) in [5, 5.41) is 0. The first-order valence-electron chi connectivity index (χ1n) is 9.34. The number of hydrogen-bond acceptors (Lipinski definition) is 2. The number of rotatable bonds is 7. The van der Waals surface area contributed by atoms with Gasteiger partial charge in [0.05, 0.1) is 0 Å². The molecule has 2 unspecified atom stereocenters. The molecule has 0 heterocycles. The molecule has 0 spiro atoms. The summed E-state index contributed by atoms with van der Waals surface area (Å²) in [5.74, 6) is 1.71. The van der Waals surface area contributed by atoms with Gasteiger partial charge in [0.15, 0.2) is 0 Å². The van der Waals surface area contributed by atoms with Gasteiger partial charge in [0.1, 0.15) is 0 Å². The standard InChI is InChI=1S/C10H23N.C4H11N.C3H8.C2H6/c1-4-5-10(6-7-11)8-9(2)3;1-3-4(2)5;1-3-2;1-2/h9-10H,4-8,11H2,1-3H3;4H,3,5H2,1-2H3;3H2,1-2H3;1-2H3. The van der Waals surface area contributed by atoms with Crippen molar-refractivity contribution in [1.82, 2.24) is 0 Å². The third-order valence-electron chi connectivity index (χ3n) is 2.72. The summed E-state index contributed by atoms with van der Waals surface area (Å²) in [5.41, 5.74) is 10.8. The van der Waals surface area contributed by atoms with Crippen LogP contribution in [0.1, 0.15) is 101 Å². The van der Waals surface area contributed by atoms with E-state index < -0.39 is 0 Å². The van der Waals surface area contributed by atoms with Gasteiger partial charge in [-0.3, -0.25) is 0 Å². The van der Waals surface area contributed by atoms with E-state index in [9.17, 15) is 0 Å². The molecular weight excluding hydrogens is 256 g/mol. The monoisotopic (exact) mass is 304 g/mol. The minimum absolute atomic E-state index is 0.384. The van der Waals surface area contributed by atoms with Crippen LogP contribution in [0.5, 0.6) is 0 Å². The van der Waals surface area contributed by atoms with Crippen LogP contribution in [0.2, 0.25) is 0 Å². The van der Waals surface area contributed by atoms with Crippen molar-refractivity contribution in [2.75, 3.05) is 6.54 Å². The molecule has 4 N–H and O–H groups in total. The van der Waals surface area contributed by atoms with E-state index in [0.29, 0.717) is 6.04 Å². The first kappa shape index (κ1) is 29.0. The molecule has 0 amide bonds. The molecule has 0 saturated carbocycles. The molecule has 0 bridgehead atoms. The molecule has 0 aromatic rings. The van der Waals surface area contributed by atoms with E-state index in [-0.39, 0.29) is 0 Å². The molecule has 0 fully saturated rings. The molecule has 0 aromatic heterocycles. The van der Waals surface area contributed by atoms with Crippen LogP contribution >= 0.6 is 0 Å². The van der Waals surface area contributed by atoms with E-state index >= 15 is 0 Å². The third kappa shape index (κ3) is 45.0. The Balaban J connectivity index is -0.000000120. The Morgan fingerprint density at radius 2 is 1.24 bits per heavy atom. The zero-order chi connectivity index (χ0) is 17.7. The Morgan fingerprint density at radius 3 is 1.43 bits per heavy atom. The maximum Gasteiger partial charge on any atom is 0.000781 e. The highest BCUT2D eigenvalue weighted by molar-refractivity contribution is 4.61. The van der Waals surface area contributed by atoms with Crippen LogP contribution in [-0.2, 0) is 0 Å². The SMILES string of the molecule is CC.CCC.CCC(C)N.CCCC(CCN)CC(C)C. The smallest absolute Gasteiger partial charge is 0.000781 e. The average molecular weight is 305 g/mol.